The number of hydrogen-bond donors (Lipinski definition) is 2. The number of amides is 2. The van der Waals surface area contributed by atoms with Crippen molar-refractivity contribution in [3.8, 4) is 0 Å². The molecule has 1 aliphatic heterocycles. The van der Waals surface area contributed by atoms with E-state index in [1.54, 1.807) is 0 Å². The molecule has 0 bridgehead atoms. The lowest BCUT2D eigenvalue weighted by Gasteiger charge is -2.16. The van der Waals surface area contributed by atoms with Crippen molar-refractivity contribution >= 4 is 24.2 Å². The van der Waals surface area contributed by atoms with Gasteiger partial charge in [-0.15, -0.1) is 12.4 Å². The van der Waals surface area contributed by atoms with Gasteiger partial charge >= 0.3 is 0 Å². The van der Waals surface area contributed by atoms with Gasteiger partial charge in [-0.05, 0) is 24.8 Å². The van der Waals surface area contributed by atoms with E-state index in [-0.39, 0.29) is 42.1 Å². The summed E-state index contributed by atoms with van der Waals surface area (Å²) in [6.07, 6.45) is 3.19. The summed E-state index contributed by atoms with van der Waals surface area (Å²) in [6, 6.07) is 10.2. The van der Waals surface area contributed by atoms with Crippen LogP contribution in [0.15, 0.2) is 30.3 Å². The van der Waals surface area contributed by atoms with E-state index in [2.05, 4.69) is 17.4 Å². The molecule has 1 aromatic rings. The lowest BCUT2D eigenvalue weighted by molar-refractivity contribution is -0.130. The minimum Gasteiger partial charge on any atom is -0.356 e. The van der Waals surface area contributed by atoms with Gasteiger partial charge < -0.3 is 16.0 Å². The number of likely N-dealkylation sites (tertiary alicyclic amines) is 1. The Morgan fingerprint density at radius 2 is 1.88 bits per heavy atom. The van der Waals surface area contributed by atoms with Crippen molar-refractivity contribution in [3.05, 3.63) is 35.9 Å². The average Bonchev–Trinajstić information content (AvgIpc) is 3.34. The first kappa shape index (κ1) is 18.7. The van der Waals surface area contributed by atoms with Gasteiger partial charge in [0.05, 0.1) is 0 Å². The van der Waals surface area contributed by atoms with Gasteiger partial charge in [-0.2, -0.15) is 0 Å². The van der Waals surface area contributed by atoms with Crippen LogP contribution in [-0.2, 0) is 9.59 Å². The van der Waals surface area contributed by atoms with Crippen LogP contribution in [0.3, 0.4) is 0 Å². The number of hydrogen-bond acceptors (Lipinski definition) is 3. The van der Waals surface area contributed by atoms with Crippen LogP contribution in [0.2, 0.25) is 0 Å². The molecule has 6 heteroatoms. The standard InChI is InChI=1S/C18H25N3O2.ClH/c19-16-12-21(11-15(16)13-5-2-1-3-6-13)17(22)7-4-10-20-18(23)14-8-9-14;/h1-3,5-6,14-16H,4,7-12,19H2,(H,20,23);1H/t15-,16+;/m0./s1. The Labute approximate surface area is 149 Å². The number of nitrogens with zero attached hydrogens (tertiary/aromatic N) is 1. The largest absolute Gasteiger partial charge is 0.356 e. The molecule has 3 N–H and O–H groups in total. The Morgan fingerprint density at radius 3 is 2.54 bits per heavy atom. The molecule has 2 fully saturated rings. The zero-order valence-electron chi connectivity index (χ0n) is 13.8. The summed E-state index contributed by atoms with van der Waals surface area (Å²) in [5.74, 6) is 0.730. The zero-order chi connectivity index (χ0) is 16.2. The molecule has 2 atom stereocenters. The average molecular weight is 352 g/mol. The molecule has 1 aromatic carbocycles. The van der Waals surface area contributed by atoms with Gasteiger partial charge in [-0.3, -0.25) is 9.59 Å². The van der Waals surface area contributed by atoms with E-state index in [0.29, 0.717) is 32.5 Å². The molecule has 0 spiro atoms. The number of carbonyl (C=O) groups excluding carboxylic acids is 2. The minimum atomic E-state index is -0.00378. The number of halogens is 1. The van der Waals surface area contributed by atoms with E-state index < -0.39 is 0 Å². The summed E-state index contributed by atoms with van der Waals surface area (Å²) in [6.45, 7) is 1.90. The molecule has 0 unspecified atom stereocenters. The second kappa shape index (κ2) is 8.49. The molecule has 24 heavy (non-hydrogen) atoms. The molecule has 132 valence electrons. The van der Waals surface area contributed by atoms with E-state index in [4.69, 9.17) is 5.73 Å². The van der Waals surface area contributed by atoms with Crippen LogP contribution >= 0.6 is 12.4 Å². The highest BCUT2D eigenvalue weighted by molar-refractivity contribution is 5.85. The maximum atomic E-state index is 12.3. The number of benzene rings is 1. The van der Waals surface area contributed by atoms with Crippen molar-refractivity contribution in [2.75, 3.05) is 19.6 Å². The molecule has 0 aromatic heterocycles. The highest BCUT2D eigenvalue weighted by Crippen LogP contribution is 2.29. The van der Waals surface area contributed by atoms with Crippen LogP contribution in [0.4, 0.5) is 0 Å². The summed E-state index contributed by atoms with van der Waals surface area (Å²) >= 11 is 0. The first-order chi connectivity index (χ1) is 11.1. The molecule has 1 aliphatic carbocycles. The summed E-state index contributed by atoms with van der Waals surface area (Å²) < 4.78 is 0. The third kappa shape index (κ3) is 4.71. The van der Waals surface area contributed by atoms with Crippen LogP contribution in [0, 0.1) is 5.92 Å². The van der Waals surface area contributed by atoms with Gasteiger partial charge in [0, 0.05) is 43.9 Å². The highest BCUT2D eigenvalue weighted by Gasteiger charge is 2.33. The van der Waals surface area contributed by atoms with Crippen molar-refractivity contribution in [2.45, 2.75) is 37.6 Å². The van der Waals surface area contributed by atoms with Crippen molar-refractivity contribution in [1.29, 1.82) is 0 Å². The zero-order valence-corrected chi connectivity index (χ0v) is 14.6. The Morgan fingerprint density at radius 1 is 1.17 bits per heavy atom. The summed E-state index contributed by atoms with van der Waals surface area (Å²) in [7, 11) is 0. The topological polar surface area (TPSA) is 75.4 Å². The maximum Gasteiger partial charge on any atom is 0.223 e. The van der Waals surface area contributed by atoms with Crippen molar-refractivity contribution in [3.63, 3.8) is 0 Å². The summed E-state index contributed by atoms with van der Waals surface area (Å²) in [5, 5.41) is 2.90. The van der Waals surface area contributed by atoms with Crippen molar-refractivity contribution < 1.29 is 9.59 Å². The minimum absolute atomic E-state index is 0. The normalized spacial score (nSPS) is 22.8. The maximum absolute atomic E-state index is 12.3. The van der Waals surface area contributed by atoms with Crippen LogP contribution in [0.5, 0.6) is 0 Å². The summed E-state index contributed by atoms with van der Waals surface area (Å²) in [5.41, 5.74) is 7.42. The summed E-state index contributed by atoms with van der Waals surface area (Å²) in [4.78, 5) is 25.7. The molecule has 5 nitrogen and oxygen atoms in total. The van der Waals surface area contributed by atoms with Crippen molar-refractivity contribution in [1.82, 2.24) is 10.2 Å². The van der Waals surface area contributed by atoms with Gasteiger partial charge in [-0.1, -0.05) is 30.3 Å². The van der Waals surface area contributed by atoms with Gasteiger partial charge in [0.2, 0.25) is 11.8 Å². The first-order valence-electron chi connectivity index (χ1n) is 8.51. The predicted molar refractivity (Wildman–Crippen MR) is 96.0 cm³/mol. The molecule has 2 aliphatic rings. The highest BCUT2D eigenvalue weighted by atomic mass is 35.5. The molecular formula is C18H26ClN3O2. The fourth-order valence-electron chi connectivity index (χ4n) is 3.18. The SMILES string of the molecule is Cl.N[C@@H]1CN(C(=O)CCCNC(=O)C2CC2)C[C@H]1c1ccccc1. The van der Waals surface area contributed by atoms with Gasteiger partial charge in [0.1, 0.15) is 0 Å². The number of rotatable bonds is 6. The smallest absolute Gasteiger partial charge is 0.223 e. The second-order valence-electron chi connectivity index (χ2n) is 6.65. The molecular weight excluding hydrogens is 326 g/mol. The Balaban J connectivity index is 0.00000208. The van der Waals surface area contributed by atoms with Crippen LogP contribution < -0.4 is 11.1 Å². The fraction of sp³-hybridized carbons (Fsp3) is 0.556. The third-order valence-electron chi connectivity index (χ3n) is 4.76. The van der Waals surface area contributed by atoms with Gasteiger partial charge in [0.25, 0.3) is 0 Å². The molecule has 1 heterocycles. The van der Waals surface area contributed by atoms with E-state index in [1.165, 1.54) is 5.56 Å². The van der Waals surface area contributed by atoms with E-state index in [0.717, 1.165) is 12.8 Å². The quantitative estimate of drug-likeness (QED) is 0.765. The third-order valence-corrected chi connectivity index (χ3v) is 4.76. The van der Waals surface area contributed by atoms with E-state index in [1.807, 2.05) is 23.1 Å². The first-order valence-corrected chi connectivity index (χ1v) is 8.51. The molecule has 1 saturated heterocycles. The monoisotopic (exact) mass is 351 g/mol. The molecule has 3 rings (SSSR count). The van der Waals surface area contributed by atoms with Crippen LogP contribution in [-0.4, -0.2) is 42.4 Å². The van der Waals surface area contributed by atoms with Crippen LogP contribution in [0.1, 0.15) is 37.2 Å². The molecule has 2 amide bonds. The van der Waals surface area contributed by atoms with Crippen LogP contribution in [0.25, 0.3) is 0 Å². The van der Waals surface area contributed by atoms with Crippen molar-refractivity contribution in [2.24, 2.45) is 11.7 Å². The molecule has 1 saturated carbocycles. The fourth-order valence-corrected chi connectivity index (χ4v) is 3.18. The second-order valence-corrected chi connectivity index (χ2v) is 6.65. The Bertz CT molecular complexity index is 563. The number of nitrogens with one attached hydrogen (secondary N) is 1. The lowest BCUT2D eigenvalue weighted by atomic mass is 9.95. The number of carbonyl (C=O) groups is 2. The predicted octanol–water partition coefficient (Wildman–Crippen LogP) is 1.67. The lowest BCUT2D eigenvalue weighted by Crippen LogP contribution is -2.33. The van der Waals surface area contributed by atoms with E-state index in [9.17, 15) is 9.59 Å². The number of nitrogens with two attached hydrogens (primary N) is 1. The van der Waals surface area contributed by atoms with Gasteiger partial charge in [-0.25, -0.2) is 0 Å². The van der Waals surface area contributed by atoms with E-state index >= 15 is 0 Å². The molecule has 0 radical (unpaired) electrons. The van der Waals surface area contributed by atoms with Gasteiger partial charge in [0.15, 0.2) is 0 Å². The Hall–Kier alpha value is -1.59. The Kier molecular flexibility index (Phi) is 6.63.